The molecule has 0 aromatic heterocycles. The number of esters is 1. The molecule has 27 heavy (non-hydrogen) atoms. The van der Waals surface area contributed by atoms with E-state index >= 15 is 0 Å². The number of amides is 2. The van der Waals surface area contributed by atoms with Crippen LogP contribution in [0.5, 0.6) is 5.75 Å². The van der Waals surface area contributed by atoms with E-state index in [1.165, 1.54) is 6.92 Å². The number of rotatable bonds is 4. The number of nitrogens with one attached hydrogen (secondary N) is 1. The van der Waals surface area contributed by atoms with Gasteiger partial charge in [0.25, 0.3) is 5.91 Å². The van der Waals surface area contributed by atoms with Gasteiger partial charge in [-0.3, -0.25) is 14.4 Å². The number of para-hydroxylation sites is 1. The van der Waals surface area contributed by atoms with Gasteiger partial charge in [0.05, 0.1) is 5.92 Å². The second kappa shape index (κ2) is 8.49. The first-order chi connectivity index (χ1) is 13.0. The SMILES string of the molecule is CC(=O)N1CCC(C(=O)Oc2cccc(C(=O)Nc3ccccc3)c2)CC1. The normalized spacial score (nSPS) is 14.5. The van der Waals surface area contributed by atoms with Gasteiger partial charge in [0.2, 0.25) is 5.91 Å². The highest BCUT2D eigenvalue weighted by atomic mass is 16.5. The molecular weight excluding hydrogens is 344 g/mol. The summed E-state index contributed by atoms with van der Waals surface area (Å²) in [6.45, 7) is 2.66. The number of carbonyl (C=O) groups is 3. The Morgan fingerprint density at radius 1 is 1.00 bits per heavy atom. The molecule has 1 aliphatic heterocycles. The van der Waals surface area contributed by atoms with Gasteiger partial charge in [-0.2, -0.15) is 0 Å². The Hall–Kier alpha value is -3.15. The van der Waals surface area contributed by atoms with Crippen LogP contribution in [-0.2, 0) is 9.59 Å². The summed E-state index contributed by atoms with van der Waals surface area (Å²) >= 11 is 0. The predicted octanol–water partition coefficient (Wildman–Crippen LogP) is 3.10. The van der Waals surface area contributed by atoms with Crippen LogP contribution in [0.15, 0.2) is 54.6 Å². The summed E-state index contributed by atoms with van der Waals surface area (Å²) < 4.78 is 5.47. The van der Waals surface area contributed by atoms with Crippen molar-refractivity contribution in [2.75, 3.05) is 18.4 Å². The van der Waals surface area contributed by atoms with Crippen molar-refractivity contribution in [1.29, 1.82) is 0 Å². The van der Waals surface area contributed by atoms with Crippen LogP contribution in [0, 0.1) is 5.92 Å². The van der Waals surface area contributed by atoms with Gasteiger partial charge < -0.3 is 15.0 Å². The molecule has 0 saturated carbocycles. The van der Waals surface area contributed by atoms with Gasteiger partial charge >= 0.3 is 5.97 Å². The molecule has 140 valence electrons. The number of piperidine rings is 1. The fourth-order valence-corrected chi connectivity index (χ4v) is 3.06. The standard InChI is InChI=1S/C21H22N2O4/c1-15(24)23-12-10-16(11-13-23)21(26)27-19-9-5-6-17(14-19)20(25)22-18-7-3-2-4-8-18/h2-9,14,16H,10-13H2,1H3,(H,22,25). The van der Waals surface area contributed by atoms with Gasteiger partial charge in [0.1, 0.15) is 5.75 Å². The molecule has 1 aliphatic rings. The van der Waals surface area contributed by atoms with Crippen LogP contribution in [0.4, 0.5) is 5.69 Å². The Morgan fingerprint density at radius 3 is 2.37 bits per heavy atom. The molecule has 2 aromatic carbocycles. The van der Waals surface area contributed by atoms with E-state index in [-0.39, 0.29) is 23.7 Å². The average molecular weight is 366 g/mol. The second-order valence-electron chi connectivity index (χ2n) is 6.55. The summed E-state index contributed by atoms with van der Waals surface area (Å²) in [6.07, 6.45) is 1.18. The van der Waals surface area contributed by atoms with E-state index < -0.39 is 0 Å². The van der Waals surface area contributed by atoms with Crippen LogP contribution in [-0.4, -0.2) is 35.8 Å². The van der Waals surface area contributed by atoms with E-state index in [1.54, 1.807) is 41.3 Å². The molecule has 1 heterocycles. The van der Waals surface area contributed by atoms with Crippen molar-refractivity contribution in [2.45, 2.75) is 19.8 Å². The van der Waals surface area contributed by atoms with Crippen molar-refractivity contribution >= 4 is 23.5 Å². The molecule has 6 heteroatoms. The molecule has 3 rings (SSSR count). The number of nitrogens with zero attached hydrogens (tertiary/aromatic N) is 1. The lowest BCUT2D eigenvalue weighted by molar-refractivity contribution is -0.142. The molecule has 1 fully saturated rings. The molecule has 0 atom stereocenters. The van der Waals surface area contributed by atoms with E-state index in [2.05, 4.69) is 5.32 Å². The highest BCUT2D eigenvalue weighted by Crippen LogP contribution is 2.22. The summed E-state index contributed by atoms with van der Waals surface area (Å²) in [6, 6.07) is 15.7. The lowest BCUT2D eigenvalue weighted by Crippen LogP contribution is -2.40. The number of likely N-dealkylation sites (tertiary alicyclic amines) is 1. The maximum atomic E-state index is 12.4. The number of carbonyl (C=O) groups excluding carboxylic acids is 3. The minimum atomic E-state index is -0.321. The second-order valence-corrected chi connectivity index (χ2v) is 6.55. The van der Waals surface area contributed by atoms with Gasteiger partial charge in [-0.05, 0) is 43.2 Å². The van der Waals surface area contributed by atoms with Crippen LogP contribution in [0.1, 0.15) is 30.1 Å². The smallest absolute Gasteiger partial charge is 0.314 e. The maximum Gasteiger partial charge on any atom is 0.314 e. The Morgan fingerprint density at radius 2 is 1.70 bits per heavy atom. The molecule has 0 spiro atoms. The Balaban J connectivity index is 1.60. The first kappa shape index (κ1) is 18.6. The fraction of sp³-hybridized carbons (Fsp3) is 0.286. The Labute approximate surface area is 158 Å². The van der Waals surface area contributed by atoms with Gasteiger partial charge in [0, 0.05) is 31.3 Å². The zero-order valence-corrected chi connectivity index (χ0v) is 15.2. The molecule has 0 radical (unpaired) electrons. The van der Waals surface area contributed by atoms with Crippen molar-refractivity contribution in [3.05, 3.63) is 60.2 Å². The number of ether oxygens (including phenoxy) is 1. The quantitative estimate of drug-likeness (QED) is 0.666. The highest BCUT2D eigenvalue weighted by molar-refractivity contribution is 6.04. The topological polar surface area (TPSA) is 75.7 Å². The molecule has 1 N–H and O–H groups in total. The van der Waals surface area contributed by atoms with Crippen LogP contribution in [0.25, 0.3) is 0 Å². The summed E-state index contributed by atoms with van der Waals surface area (Å²) in [5.74, 6) is -0.455. The molecule has 0 bridgehead atoms. The van der Waals surface area contributed by atoms with Gasteiger partial charge in [0.15, 0.2) is 0 Å². The largest absolute Gasteiger partial charge is 0.426 e. The fourth-order valence-electron chi connectivity index (χ4n) is 3.06. The van der Waals surface area contributed by atoms with E-state index in [0.717, 1.165) is 0 Å². The molecule has 0 aliphatic carbocycles. The van der Waals surface area contributed by atoms with Crippen molar-refractivity contribution in [2.24, 2.45) is 5.92 Å². The zero-order chi connectivity index (χ0) is 19.2. The van der Waals surface area contributed by atoms with Crippen LogP contribution >= 0.6 is 0 Å². The summed E-state index contributed by atoms with van der Waals surface area (Å²) in [5, 5.41) is 2.80. The van der Waals surface area contributed by atoms with Crippen LogP contribution < -0.4 is 10.1 Å². The minimum absolute atomic E-state index is 0.0268. The maximum absolute atomic E-state index is 12.4. The number of hydrogen-bond donors (Lipinski definition) is 1. The van der Waals surface area contributed by atoms with E-state index in [0.29, 0.717) is 42.9 Å². The third-order valence-electron chi connectivity index (χ3n) is 4.62. The van der Waals surface area contributed by atoms with Gasteiger partial charge in [-0.1, -0.05) is 24.3 Å². The Bertz CT molecular complexity index is 827. The zero-order valence-electron chi connectivity index (χ0n) is 15.2. The lowest BCUT2D eigenvalue weighted by Gasteiger charge is -2.29. The average Bonchev–Trinajstić information content (AvgIpc) is 2.69. The van der Waals surface area contributed by atoms with Crippen molar-refractivity contribution < 1.29 is 19.1 Å². The number of hydrogen-bond acceptors (Lipinski definition) is 4. The number of anilines is 1. The first-order valence-corrected chi connectivity index (χ1v) is 8.96. The lowest BCUT2D eigenvalue weighted by atomic mass is 9.97. The summed E-state index contributed by atoms with van der Waals surface area (Å²) in [7, 11) is 0. The van der Waals surface area contributed by atoms with Crippen LogP contribution in [0.3, 0.4) is 0 Å². The third-order valence-corrected chi connectivity index (χ3v) is 4.62. The molecular formula is C21H22N2O4. The Kier molecular flexibility index (Phi) is 5.86. The highest BCUT2D eigenvalue weighted by Gasteiger charge is 2.27. The van der Waals surface area contributed by atoms with Crippen molar-refractivity contribution in [3.63, 3.8) is 0 Å². The molecule has 0 unspecified atom stereocenters. The third kappa shape index (κ3) is 4.94. The first-order valence-electron chi connectivity index (χ1n) is 8.96. The van der Waals surface area contributed by atoms with Crippen molar-refractivity contribution in [3.8, 4) is 5.75 Å². The predicted molar refractivity (Wildman–Crippen MR) is 101 cm³/mol. The minimum Gasteiger partial charge on any atom is -0.426 e. The number of benzene rings is 2. The van der Waals surface area contributed by atoms with Gasteiger partial charge in [-0.15, -0.1) is 0 Å². The van der Waals surface area contributed by atoms with E-state index in [1.807, 2.05) is 18.2 Å². The molecule has 2 amide bonds. The summed E-state index contributed by atoms with van der Waals surface area (Å²) in [5.41, 5.74) is 1.11. The van der Waals surface area contributed by atoms with E-state index in [9.17, 15) is 14.4 Å². The molecule has 2 aromatic rings. The van der Waals surface area contributed by atoms with Crippen LogP contribution in [0.2, 0.25) is 0 Å². The summed E-state index contributed by atoms with van der Waals surface area (Å²) in [4.78, 5) is 37.9. The molecule has 6 nitrogen and oxygen atoms in total. The van der Waals surface area contributed by atoms with Crippen molar-refractivity contribution in [1.82, 2.24) is 4.90 Å². The van der Waals surface area contributed by atoms with Gasteiger partial charge in [-0.25, -0.2) is 0 Å². The van der Waals surface area contributed by atoms with E-state index in [4.69, 9.17) is 4.74 Å². The monoisotopic (exact) mass is 366 g/mol. The molecule has 1 saturated heterocycles.